The summed E-state index contributed by atoms with van der Waals surface area (Å²) in [5.41, 5.74) is 0. The van der Waals surface area contributed by atoms with Gasteiger partial charge >= 0.3 is 0 Å². The van der Waals surface area contributed by atoms with Crippen LogP contribution in [0.5, 0.6) is 5.88 Å². The number of aromatic amines is 1. The van der Waals surface area contributed by atoms with E-state index in [1.165, 1.54) is 6.33 Å². The molecule has 20 heavy (non-hydrogen) atoms. The lowest BCUT2D eigenvalue weighted by Crippen LogP contribution is -2.20. The SMILES string of the molecule is COc1ccnc(NC[C@H]2CC[C@@H](c3ncn[nH]3)O2)n1. The van der Waals surface area contributed by atoms with E-state index in [1.54, 1.807) is 19.4 Å². The Kier molecular flexibility index (Phi) is 3.73. The van der Waals surface area contributed by atoms with Crippen molar-refractivity contribution in [3.05, 3.63) is 24.4 Å². The van der Waals surface area contributed by atoms with E-state index in [0.717, 1.165) is 18.7 Å². The Balaban J connectivity index is 1.52. The molecule has 1 saturated heterocycles. The number of hydrogen-bond donors (Lipinski definition) is 2. The third kappa shape index (κ3) is 2.85. The van der Waals surface area contributed by atoms with E-state index < -0.39 is 0 Å². The summed E-state index contributed by atoms with van der Waals surface area (Å²) in [7, 11) is 1.58. The molecular formula is C12H16N6O2. The van der Waals surface area contributed by atoms with Crippen LogP contribution in [0.25, 0.3) is 0 Å². The monoisotopic (exact) mass is 276 g/mol. The van der Waals surface area contributed by atoms with Gasteiger partial charge in [0.2, 0.25) is 11.8 Å². The van der Waals surface area contributed by atoms with Gasteiger partial charge in [-0.2, -0.15) is 10.1 Å². The molecule has 0 spiro atoms. The Morgan fingerprint density at radius 2 is 2.40 bits per heavy atom. The highest BCUT2D eigenvalue weighted by Gasteiger charge is 2.28. The lowest BCUT2D eigenvalue weighted by molar-refractivity contribution is 0.0471. The number of aromatic nitrogens is 5. The van der Waals surface area contributed by atoms with Crippen LogP contribution < -0.4 is 10.1 Å². The van der Waals surface area contributed by atoms with Gasteiger partial charge in [-0.15, -0.1) is 0 Å². The Bertz CT molecular complexity index is 547. The summed E-state index contributed by atoms with van der Waals surface area (Å²) in [6.45, 7) is 0.651. The molecule has 2 N–H and O–H groups in total. The Morgan fingerprint density at radius 3 is 3.20 bits per heavy atom. The van der Waals surface area contributed by atoms with E-state index >= 15 is 0 Å². The van der Waals surface area contributed by atoms with Gasteiger partial charge in [-0.3, -0.25) is 5.10 Å². The van der Waals surface area contributed by atoms with Crippen molar-refractivity contribution in [1.82, 2.24) is 25.1 Å². The van der Waals surface area contributed by atoms with Crippen LogP contribution >= 0.6 is 0 Å². The van der Waals surface area contributed by atoms with Gasteiger partial charge in [-0.1, -0.05) is 0 Å². The Labute approximate surface area is 116 Å². The molecule has 2 aromatic heterocycles. The van der Waals surface area contributed by atoms with Gasteiger partial charge in [-0.25, -0.2) is 9.97 Å². The van der Waals surface area contributed by atoms with Crippen molar-refractivity contribution in [1.29, 1.82) is 0 Å². The molecule has 1 aliphatic heterocycles. The van der Waals surface area contributed by atoms with E-state index in [9.17, 15) is 0 Å². The van der Waals surface area contributed by atoms with E-state index in [-0.39, 0.29) is 12.2 Å². The van der Waals surface area contributed by atoms with Crippen molar-refractivity contribution >= 4 is 5.95 Å². The highest BCUT2D eigenvalue weighted by Crippen LogP contribution is 2.30. The van der Waals surface area contributed by atoms with Gasteiger partial charge in [-0.05, 0) is 12.8 Å². The molecule has 3 heterocycles. The molecule has 0 bridgehead atoms. The molecule has 0 saturated carbocycles. The summed E-state index contributed by atoms with van der Waals surface area (Å²) in [5, 5.41) is 9.83. The van der Waals surface area contributed by atoms with E-state index in [0.29, 0.717) is 18.4 Å². The van der Waals surface area contributed by atoms with E-state index in [1.807, 2.05) is 0 Å². The number of anilines is 1. The minimum absolute atomic E-state index is 0.00414. The summed E-state index contributed by atoms with van der Waals surface area (Å²) in [4.78, 5) is 12.4. The summed E-state index contributed by atoms with van der Waals surface area (Å²) in [6, 6.07) is 1.71. The minimum Gasteiger partial charge on any atom is -0.481 e. The topological polar surface area (TPSA) is 97.8 Å². The maximum atomic E-state index is 5.90. The third-order valence-electron chi connectivity index (χ3n) is 3.17. The Morgan fingerprint density at radius 1 is 1.45 bits per heavy atom. The third-order valence-corrected chi connectivity index (χ3v) is 3.17. The zero-order chi connectivity index (χ0) is 13.8. The quantitative estimate of drug-likeness (QED) is 0.838. The second-order valence-corrected chi connectivity index (χ2v) is 4.50. The number of H-pyrrole nitrogens is 1. The van der Waals surface area contributed by atoms with Crippen molar-refractivity contribution in [2.75, 3.05) is 19.0 Å². The maximum absolute atomic E-state index is 5.90. The van der Waals surface area contributed by atoms with E-state index in [4.69, 9.17) is 9.47 Å². The summed E-state index contributed by atoms with van der Waals surface area (Å²) >= 11 is 0. The highest BCUT2D eigenvalue weighted by atomic mass is 16.5. The molecule has 3 rings (SSSR count). The van der Waals surface area contributed by atoms with Gasteiger partial charge in [0.25, 0.3) is 0 Å². The van der Waals surface area contributed by atoms with Crippen molar-refractivity contribution in [2.45, 2.75) is 25.0 Å². The molecule has 1 aliphatic rings. The summed E-state index contributed by atoms with van der Waals surface area (Å²) < 4.78 is 11.0. The first-order valence-corrected chi connectivity index (χ1v) is 6.47. The average Bonchev–Trinajstić information content (AvgIpc) is 3.16. The van der Waals surface area contributed by atoms with Crippen molar-refractivity contribution in [3.8, 4) is 5.88 Å². The second-order valence-electron chi connectivity index (χ2n) is 4.50. The maximum Gasteiger partial charge on any atom is 0.226 e. The largest absolute Gasteiger partial charge is 0.481 e. The predicted octanol–water partition coefficient (Wildman–Crippen LogP) is 0.935. The highest BCUT2D eigenvalue weighted by molar-refractivity contribution is 5.27. The van der Waals surface area contributed by atoms with Gasteiger partial charge in [0.15, 0.2) is 5.82 Å². The molecule has 0 aromatic carbocycles. The predicted molar refractivity (Wildman–Crippen MR) is 70.3 cm³/mol. The molecule has 8 heteroatoms. The molecular weight excluding hydrogens is 260 g/mol. The molecule has 0 radical (unpaired) electrons. The molecule has 1 fully saturated rings. The lowest BCUT2D eigenvalue weighted by atomic mass is 10.2. The van der Waals surface area contributed by atoms with Crippen LogP contribution in [0.3, 0.4) is 0 Å². The van der Waals surface area contributed by atoms with E-state index in [2.05, 4.69) is 30.5 Å². The van der Waals surface area contributed by atoms with Crippen LogP contribution in [0, 0.1) is 0 Å². The van der Waals surface area contributed by atoms with Crippen LogP contribution in [0.2, 0.25) is 0 Å². The van der Waals surface area contributed by atoms with Gasteiger partial charge in [0.1, 0.15) is 12.4 Å². The molecule has 106 valence electrons. The average molecular weight is 276 g/mol. The zero-order valence-corrected chi connectivity index (χ0v) is 11.1. The molecule has 2 aromatic rings. The molecule has 2 atom stereocenters. The van der Waals surface area contributed by atoms with Crippen molar-refractivity contribution in [2.24, 2.45) is 0 Å². The lowest BCUT2D eigenvalue weighted by Gasteiger charge is -2.13. The fourth-order valence-electron chi connectivity index (χ4n) is 2.17. The summed E-state index contributed by atoms with van der Waals surface area (Å²) in [5.74, 6) is 1.86. The van der Waals surface area contributed by atoms with Gasteiger partial charge < -0.3 is 14.8 Å². The number of rotatable bonds is 5. The molecule has 0 aliphatic carbocycles. The molecule has 8 nitrogen and oxygen atoms in total. The zero-order valence-electron chi connectivity index (χ0n) is 11.1. The van der Waals surface area contributed by atoms with Gasteiger partial charge in [0, 0.05) is 18.8 Å². The first kappa shape index (κ1) is 12.8. The Hall–Kier alpha value is -2.22. The number of ether oxygens (including phenoxy) is 2. The van der Waals surface area contributed by atoms with Crippen LogP contribution in [0.1, 0.15) is 24.8 Å². The van der Waals surface area contributed by atoms with Crippen molar-refractivity contribution < 1.29 is 9.47 Å². The molecule has 0 amide bonds. The van der Waals surface area contributed by atoms with Crippen LogP contribution in [-0.4, -0.2) is 44.9 Å². The summed E-state index contributed by atoms with van der Waals surface area (Å²) in [6.07, 6.45) is 5.15. The number of nitrogens with zero attached hydrogens (tertiary/aromatic N) is 4. The van der Waals surface area contributed by atoms with Crippen LogP contribution in [0.4, 0.5) is 5.95 Å². The van der Waals surface area contributed by atoms with Crippen molar-refractivity contribution in [3.63, 3.8) is 0 Å². The smallest absolute Gasteiger partial charge is 0.226 e. The molecule has 0 unspecified atom stereocenters. The number of methoxy groups -OCH3 is 1. The first-order valence-electron chi connectivity index (χ1n) is 6.47. The fourth-order valence-corrected chi connectivity index (χ4v) is 2.17. The van der Waals surface area contributed by atoms with Gasteiger partial charge in [0.05, 0.1) is 13.2 Å². The minimum atomic E-state index is -0.00414. The standard InChI is InChI=1S/C12H16N6O2/c1-19-10-4-5-13-12(17-10)14-6-8-2-3-9(20-8)11-15-7-16-18-11/h4-5,7-9H,2-3,6H2,1H3,(H,13,14,17)(H,15,16,18)/t8-,9+/m1/s1. The fraction of sp³-hybridized carbons (Fsp3) is 0.500. The number of nitrogens with one attached hydrogen (secondary N) is 2. The number of hydrogen-bond acceptors (Lipinski definition) is 7. The van der Waals surface area contributed by atoms with Crippen LogP contribution in [0.15, 0.2) is 18.6 Å². The normalized spacial score (nSPS) is 21.9. The first-order chi connectivity index (χ1) is 9.85. The van der Waals surface area contributed by atoms with Crippen LogP contribution in [-0.2, 0) is 4.74 Å². The second kappa shape index (κ2) is 5.83.